The first-order valence-corrected chi connectivity index (χ1v) is 8.06. The van der Waals surface area contributed by atoms with Gasteiger partial charge in [-0.25, -0.2) is 0 Å². The van der Waals surface area contributed by atoms with Gasteiger partial charge in [0.15, 0.2) is 0 Å². The third-order valence-electron chi connectivity index (χ3n) is 4.58. The molecule has 1 heterocycles. The van der Waals surface area contributed by atoms with Gasteiger partial charge in [-0.3, -0.25) is 4.98 Å². The van der Waals surface area contributed by atoms with Crippen LogP contribution in [0.3, 0.4) is 0 Å². The van der Waals surface area contributed by atoms with E-state index in [-0.39, 0.29) is 0 Å². The minimum Gasteiger partial charge on any atom is -0.310 e. The molecule has 3 rings (SSSR count). The molecule has 2 heteroatoms. The van der Waals surface area contributed by atoms with E-state index in [1.54, 1.807) is 0 Å². The summed E-state index contributed by atoms with van der Waals surface area (Å²) in [6.45, 7) is 5.42. The van der Waals surface area contributed by atoms with E-state index in [2.05, 4.69) is 60.5 Å². The fourth-order valence-corrected chi connectivity index (χ4v) is 3.42. The van der Waals surface area contributed by atoms with Crippen molar-refractivity contribution >= 4 is 0 Å². The number of hydrogen-bond acceptors (Lipinski definition) is 2. The van der Waals surface area contributed by atoms with E-state index in [0.717, 1.165) is 13.0 Å². The Bertz CT molecular complexity index is 579. The summed E-state index contributed by atoms with van der Waals surface area (Å²) in [5.74, 6) is 1.41. The average Bonchev–Trinajstić information content (AvgIpc) is 3.34. The summed E-state index contributed by atoms with van der Waals surface area (Å²) in [6, 6.07) is 13.6. The minimum atomic E-state index is 0.457. The lowest BCUT2D eigenvalue weighted by molar-refractivity contribution is 0.483. The second kappa shape index (κ2) is 6.40. The molecule has 0 aliphatic heterocycles. The predicted molar refractivity (Wildman–Crippen MR) is 87.3 cm³/mol. The molecular formula is C19H24N2. The molecule has 3 atom stereocenters. The van der Waals surface area contributed by atoms with Gasteiger partial charge in [-0.2, -0.15) is 0 Å². The quantitative estimate of drug-likeness (QED) is 0.861. The number of pyridine rings is 1. The van der Waals surface area contributed by atoms with Gasteiger partial charge in [-0.05, 0) is 54.0 Å². The zero-order valence-electron chi connectivity index (χ0n) is 12.9. The number of rotatable bonds is 6. The van der Waals surface area contributed by atoms with E-state index in [1.165, 1.54) is 23.1 Å². The van der Waals surface area contributed by atoms with Crippen molar-refractivity contribution in [2.45, 2.75) is 38.6 Å². The van der Waals surface area contributed by atoms with Gasteiger partial charge < -0.3 is 5.32 Å². The van der Waals surface area contributed by atoms with Crippen molar-refractivity contribution in [3.63, 3.8) is 0 Å². The van der Waals surface area contributed by atoms with Crippen molar-refractivity contribution in [3.8, 4) is 0 Å². The summed E-state index contributed by atoms with van der Waals surface area (Å²) < 4.78 is 0. The Balaban J connectivity index is 1.83. The van der Waals surface area contributed by atoms with Gasteiger partial charge in [0, 0.05) is 18.4 Å². The highest BCUT2D eigenvalue weighted by Crippen LogP contribution is 2.54. The van der Waals surface area contributed by atoms with Crippen LogP contribution in [0.25, 0.3) is 0 Å². The van der Waals surface area contributed by atoms with Gasteiger partial charge >= 0.3 is 0 Å². The Hall–Kier alpha value is -1.67. The molecule has 0 saturated heterocycles. The lowest BCUT2D eigenvalue weighted by Crippen LogP contribution is -2.24. The first kappa shape index (κ1) is 14.3. The van der Waals surface area contributed by atoms with E-state index >= 15 is 0 Å². The SMILES string of the molecule is CCNC(c1ccncc1CC)C1CC1c1ccccc1. The molecular weight excluding hydrogens is 256 g/mol. The molecule has 3 unspecified atom stereocenters. The molecule has 110 valence electrons. The van der Waals surface area contributed by atoms with Crippen LogP contribution in [0.2, 0.25) is 0 Å². The Kier molecular flexibility index (Phi) is 4.35. The molecule has 1 aliphatic rings. The Labute approximate surface area is 127 Å². The van der Waals surface area contributed by atoms with Gasteiger partial charge in [0.05, 0.1) is 0 Å². The van der Waals surface area contributed by atoms with E-state index < -0.39 is 0 Å². The lowest BCUT2D eigenvalue weighted by Gasteiger charge is -2.21. The van der Waals surface area contributed by atoms with Crippen LogP contribution >= 0.6 is 0 Å². The van der Waals surface area contributed by atoms with Crippen molar-refractivity contribution < 1.29 is 0 Å². The molecule has 0 bridgehead atoms. The predicted octanol–water partition coefficient (Wildman–Crippen LogP) is 4.10. The third-order valence-corrected chi connectivity index (χ3v) is 4.58. The normalized spacial score (nSPS) is 22.0. The van der Waals surface area contributed by atoms with Crippen molar-refractivity contribution in [3.05, 3.63) is 65.5 Å². The third kappa shape index (κ3) is 3.01. The van der Waals surface area contributed by atoms with Crippen LogP contribution in [-0.2, 0) is 6.42 Å². The topological polar surface area (TPSA) is 24.9 Å². The fourth-order valence-electron chi connectivity index (χ4n) is 3.42. The first-order valence-electron chi connectivity index (χ1n) is 8.06. The summed E-state index contributed by atoms with van der Waals surface area (Å²) in [5.41, 5.74) is 4.30. The largest absolute Gasteiger partial charge is 0.310 e. The van der Waals surface area contributed by atoms with Crippen LogP contribution in [0, 0.1) is 5.92 Å². The second-order valence-electron chi connectivity index (χ2n) is 5.88. The molecule has 1 saturated carbocycles. The van der Waals surface area contributed by atoms with Gasteiger partial charge in [0.2, 0.25) is 0 Å². The first-order chi connectivity index (χ1) is 10.3. The van der Waals surface area contributed by atoms with Gasteiger partial charge in [0.25, 0.3) is 0 Å². The maximum Gasteiger partial charge on any atom is 0.0358 e. The van der Waals surface area contributed by atoms with Crippen LogP contribution in [-0.4, -0.2) is 11.5 Å². The standard InChI is InChI=1S/C19H24N2/c1-3-14-13-20-11-10-16(14)19(21-4-2)18-12-17(18)15-8-6-5-7-9-15/h5-11,13,17-19,21H,3-4,12H2,1-2H3. The monoisotopic (exact) mass is 280 g/mol. The molecule has 2 aromatic rings. The molecule has 1 fully saturated rings. The molecule has 0 amide bonds. The highest BCUT2D eigenvalue weighted by molar-refractivity contribution is 5.33. The molecule has 21 heavy (non-hydrogen) atoms. The number of aromatic nitrogens is 1. The Morgan fingerprint density at radius 1 is 1.19 bits per heavy atom. The molecule has 0 radical (unpaired) electrons. The molecule has 1 aromatic heterocycles. The van der Waals surface area contributed by atoms with Crippen LogP contribution < -0.4 is 5.32 Å². The Morgan fingerprint density at radius 2 is 2.00 bits per heavy atom. The van der Waals surface area contributed by atoms with Crippen LogP contribution in [0.5, 0.6) is 0 Å². The molecule has 1 N–H and O–H groups in total. The average molecular weight is 280 g/mol. The number of nitrogens with zero attached hydrogens (tertiary/aromatic N) is 1. The van der Waals surface area contributed by atoms with E-state index in [0.29, 0.717) is 17.9 Å². The smallest absolute Gasteiger partial charge is 0.0358 e. The highest BCUT2D eigenvalue weighted by Gasteiger charge is 2.44. The molecule has 1 aromatic carbocycles. The summed E-state index contributed by atoms with van der Waals surface area (Å²) in [4.78, 5) is 4.29. The van der Waals surface area contributed by atoms with Crippen LogP contribution in [0.4, 0.5) is 0 Å². The fraction of sp³-hybridized carbons (Fsp3) is 0.421. The van der Waals surface area contributed by atoms with Gasteiger partial charge in [-0.15, -0.1) is 0 Å². The summed E-state index contributed by atoms with van der Waals surface area (Å²) in [6.07, 6.45) is 6.29. The van der Waals surface area contributed by atoms with E-state index in [9.17, 15) is 0 Å². The Morgan fingerprint density at radius 3 is 2.71 bits per heavy atom. The van der Waals surface area contributed by atoms with E-state index in [4.69, 9.17) is 0 Å². The van der Waals surface area contributed by atoms with Crippen molar-refractivity contribution in [1.82, 2.24) is 10.3 Å². The van der Waals surface area contributed by atoms with Gasteiger partial charge in [0.1, 0.15) is 0 Å². The van der Waals surface area contributed by atoms with Crippen molar-refractivity contribution in [1.29, 1.82) is 0 Å². The number of nitrogens with one attached hydrogen (secondary N) is 1. The maximum atomic E-state index is 4.29. The second-order valence-corrected chi connectivity index (χ2v) is 5.88. The number of aryl methyl sites for hydroxylation is 1. The number of benzene rings is 1. The summed E-state index contributed by atoms with van der Waals surface area (Å²) in [5, 5.41) is 3.71. The lowest BCUT2D eigenvalue weighted by atomic mass is 9.95. The highest BCUT2D eigenvalue weighted by atomic mass is 14.9. The number of hydrogen-bond donors (Lipinski definition) is 1. The van der Waals surface area contributed by atoms with E-state index in [1.807, 2.05) is 12.4 Å². The zero-order chi connectivity index (χ0) is 14.7. The molecule has 1 aliphatic carbocycles. The summed E-state index contributed by atoms with van der Waals surface area (Å²) >= 11 is 0. The zero-order valence-corrected chi connectivity index (χ0v) is 12.9. The maximum absolute atomic E-state index is 4.29. The minimum absolute atomic E-state index is 0.457. The molecule has 0 spiro atoms. The van der Waals surface area contributed by atoms with Crippen molar-refractivity contribution in [2.24, 2.45) is 5.92 Å². The molecule has 2 nitrogen and oxygen atoms in total. The van der Waals surface area contributed by atoms with Crippen LogP contribution in [0.1, 0.15) is 48.9 Å². The van der Waals surface area contributed by atoms with Crippen molar-refractivity contribution in [2.75, 3.05) is 6.54 Å². The summed E-state index contributed by atoms with van der Waals surface area (Å²) in [7, 11) is 0. The van der Waals surface area contributed by atoms with Gasteiger partial charge in [-0.1, -0.05) is 44.2 Å². The van der Waals surface area contributed by atoms with Crippen LogP contribution in [0.15, 0.2) is 48.8 Å².